The number of benzene rings is 1. The number of hydrogen-bond donors (Lipinski definition) is 0. The number of rotatable bonds is 0. The van der Waals surface area contributed by atoms with Gasteiger partial charge in [-0.15, -0.1) is 12.4 Å². The first kappa shape index (κ1) is 8.08. The van der Waals surface area contributed by atoms with Gasteiger partial charge in [-0.3, -0.25) is 0 Å². The Labute approximate surface area is 70.6 Å². The number of aromatic nitrogens is 1. The van der Waals surface area contributed by atoms with Crippen LogP contribution >= 0.6 is 12.4 Å². The summed E-state index contributed by atoms with van der Waals surface area (Å²) in [5, 5.41) is 4.74. The second-order valence-corrected chi connectivity index (χ2v) is 2.37. The second kappa shape index (κ2) is 2.93. The van der Waals surface area contributed by atoms with Crippen LogP contribution in [0.3, 0.4) is 0 Å². The molecule has 0 N–H and O–H groups in total. The Morgan fingerprint density at radius 3 is 3.00 bits per heavy atom. The minimum Gasteiger partial charge on any atom is -0.356 e. The lowest BCUT2D eigenvalue weighted by Gasteiger charge is -1.87. The molecule has 11 heavy (non-hydrogen) atoms. The van der Waals surface area contributed by atoms with Crippen LogP contribution in [0.25, 0.3) is 11.0 Å². The van der Waals surface area contributed by atoms with Gasteiger partial charge in [0.1, 0.15) is 0 Å². The zero-order valence-electron chi connectivity index (χ0n) is 6.07. The van der Waals surface area contributed by atoms with Crippen molar-refractivity contribution >= 4 is 23.4 Å². The summed E-state index contributed by atoms with van der Waals surface area (Å²) in [5.74, 6) is 0. The van der Waals surface area contributed by atoms with Crippen molar-refractivity contribution in [2.24, 2.45) is 0 Å². The van der Waals surface area contributed by atoms with Crippen LogP contribution in [0, 0.1) is 6.92 Å². The molecule has 3 heteroatoms. The minimum atomic E-state index is 0. The summed E-state index contributed by atoms with van der Waals surface area (Å²) < 4.78 is 4.92. The molecule has 0 amide bonds. The van der Waals surface area contributed by atoms with Crippen molar-refractivity contribution in [1.82, 2.24) is 5.16 Å². The summed E-state index contributed by atoms with van der Waals surface area (Å²) in [4.78, 5) is 0. The molecule has 0 spiro atoms. The normalized spacial score (nSPS) is 9.55. The third-order valence-corrected chi connectivity index (χ3v) is 1.51. The number of hydrogen-bond acceptors (Lipinski definition) is 2. The van der Waals surface area contributed by atoms with E-state index in [9.17, 15) is 0 Å². The van der Waals surface area contributed by atoms with E-state index in [2.05, 4.69) is 5.16 Å². The summed E-state index contributed by atoms with van der Waals surface area (Å²) >= 11 is 0. The van der Waals surface area contributed by atoms with Crippen molar-refractivity contribution in [2.75, 3.05) is 0 Å². The summed E-state index contributed by atoms with van der Waals surface area (Å²) in [5.41, 5.74) is 2.08. The smallest absolute Gasteiger partial charge is 0.166 e. The van der Waals surface area contributed by atoms with Crippen LogP contribution in [-0.2, 0) is 0 Å². The largest absolute Gasteiger partial charge is 0.356 e. The van der Waals surface area contributed by atoms with Gasteiger partial charge in [-0.2, -0.15) is 0 Å². The fraction of sp³-hybridized carbons (Fsp3) is 0.125. The molecule has 2 nitrogen and oxygen atoms in total. The average Bonchev–Trinajstić information content (AvgIpc) is 2.33. The highest BCUT2D eigenvalue weighted by molar-refractivity contribution is 5.85. The Morgan fingerprint density at radius 1 is 1.36 bits per heavy atom. The number of halogens is 1. The van der Waals surface area contributed by atoms with Gasteiger partial charge in [0.15, 0.2) is 5.58 Å². The Balaban J connectivity index is 0.000000605. The van der Waals surface area contributed by atoms with Crippen LogP contribution in [0.4, 0.5) is 0 Å². The van der Waals surface area contributed by atoms with Gasteiger partial charge in [-0.05, 0) is 19.1 Å². The molecule has 0 atom stereocenters. The minimum absolute atomic E-state index is 0. The predicted molar refractivity (Wildman–Crippen MR) is 46.0 cm³/mol. The average molecular weight is 170 g/mol. The standard InChI is InChI=1S/C8H7NO.ClH/c1-6-2-3-8-7(4-6)5-9-10-8;/h2-5H,1H3;1H. The van der Waals surface area contributed by atoms with E-state index in [-0.39, 0.29) is 12.4 Å². The lowest BCUT2D eigenvalue weighted by molar-refractivity contribution is 0.456. The van der Waals surface area contributed by atoms with Gasteiger partial charge < -0.3 is 4.52 Å². The van der Waals surface area contributed by atoms with Gasteiger partial charge in [-0.25, -0.2) is 0 Å². The van der Waals surface area contributed by atoms with Gasteiger partial charge in [0.2, 0.25) is 0 Å². The first-order chi connectivity index (χ1) is 4.86. The summed E-state index contributed by atoms with van der Waals surface area (Å²) in [6, 6.07) is 5.98. The molecule has 2 rings (SSSR count). The summed E-state index contributed by atoms with van der Waals surface area (Å²) in [7, 11) is 0. The molecule has 0 fully saturated rings. The third-order valence-electron chi connectivity index (χ3n) is 1.51. The molecule has 0 unspecified atom stereocenters. The maximum atomic E-state index is 4.92. The topological polar surface area (TPSA) is 26.0 Å². The van der Waals surface area contributed by atoms with Crippen molar-refractivity contribution in [3.05, 3.63) is 30.0 Å². The van der Waals surface area contributed by atoms with Crippen LogP contribution in [0.2, 0.25) is 0 Å². The molecule has 58 valence electrons. The van der Waals surface area contributed by atoms with Crippen molar-refractivity contribution in [1.29, 1.82) is 0 Å². The summed E-state index contributed by atoms with van der Waals surface area (Å²) in [6.07, 6.45) is 1.72. The molecule has 0 aliphatic heterocycles. The van der Waals surface area contributed by atoms with Gasteiger partial charge >= 0.3 is 0 Å². The van der Waals surface area contributed by atoms with E-state index >= 15 is 0 Å². The number of nitrogens with zero attached hydrogens (tertiary/aromatic N) is 1. The van der Waals surface area contributed by atoms with Crippen LogP contribution < -0.4 is 0 Å². The molecular weight excluding hydrogens is 162 g/mol. The molecule has 0 radical (unpaired) electrons. The van der Waals surface area contributed by atoms with Crippen LogP contribution in [0.1, 0.15) is 5.56 Å². The molecule has 2 aromatic rings. The Morgan fingerprint density at radius 2 is 2.18 bits per heavy atom. The first-order valence-corrected chi connectivity index (χ1v) is 3.17. The fourth-order valence-corrected chi connectivity index (χ4v) is 0.992. The molecular formula is C8H8ClNO. The quantitative estimate of drug-likeness (QED) is 0.606. The zero-order chi connectivity index (χ0) is 6.97. The van der Waals surface area contributed by atoms with Crippen LogP contribution in [-0.4, -0.2) is 5.16 Å². The molecule has 0 saturated carbocycles. The zero-order valence-corrected chi connectivity index (χ0v) is 6.89. The van der Waals surface area contributed by atoms with E-state index in [1.54, 1.807) is 6.20 Å². The molecule has 1 aromatic heterocycles. The van der Waals surface area contributed by atoms with E-state index in [0.717, 1.165) is 11.0 Å². The number of fused-ring (bicyclic) bond motifs is 1. The molecule has 0 aliphatic rings. The van der Waals surface area contributed by atoms with E-state index < -0.39 is 0 Å². The van der Waals surface area contributed by atoms with E-state index in [1.807, 2.05) is 25.1 Å². The molecule has 0 saturated heterocycles. The Kier molecular flexibility index (Phi) is 2.15. The maximum Gasteiger partial charge on any atom is 0.166 e. The Bertz CT molecular complexity index is 356. The summed E-state index contributed by atoms with van der Waals surface area (Å²) in [6.45, 7) is 2.05. The van der Waals surface area contributed by atoms with Crippen molar-refractivity contribution in [3.63, 3.8) is 0 Å². The predicted octanol–water partition coefficient (Wildman–Crippen LogP) is 2.56. The first-order valence-electron chi connectivity index (χ1n) is 3.17. The molecule has 1 heterocycles. The van der Waals surface area contributed by atoms with Crippen LogP contribution in [0.5, 0.6) is 0 Å². The highest BCUT2D eigenvalue weighted by Crippen LogP contribution is 2.13. The van der Waals surface area contributed by atoms with Gasteiger partial charge in [-0.1, -0.05) is 16.8 Å². The van der Waals surface area contributed by atoms with E-state index in [1.165, 1.54) is 5.56 Å². The highest BCUT2D eigenvalue weighted by Gasteiger charge is 1.95. The number of aryl methyl sites for hydroxylation is 1. The maximum absolute atomic E-state index is 4.92. The Hall–Kier alpha value is -1.02. The fourth-order valence-electron chi connectivity index (χ4n) is 0.992. The van der Waals surface area contributed by atoms with E-state index in [4.69, 9.17) is 4.52 Å². The van der Waals surface area contributed by atoms with Gasteiger partial charge in [0.05, 0.1) is 6.20 Å². The SMILES string of the molecule is Cc1ccc2oncc2c1.Cl. The monoisotopic (exact) mass is 169 g/mol. The molecule has 0 bridgehead atoms. The highest BCUT2D eigenvalue weighted by atomic mass is 35.5. The van der Waals surface area contributed by atoms with E-state index in [0.29, 0.717) is 0 Å². The third kappa shape index (κ3) is 1.35. The lowest BCUT2D eigenvalue weighted by Crippen LogP contribution is -1.67. The van der Waals surface area contributed by atoms with Crippen molar-refractivity contribution in [2.45, 2.75) is 6.92 Å². The second-order valence-electron chi connectivity index (χ2n) is 2.37. The van der Waals surface area contributed by atoms with Crippen molar-refractivity contribution < 1.29 is 4.52 Å². The van der Waals surface area contributed by atoms with Gasteiger partial charge in [0.25, 0.3) is 0 Å². The van der Waals surface area contributed by atoms with Gasteiger partial charge in [0, 0.05) is 5.39 Å². The lowest BCUT2D eigenvalue weighted by atomic mass is 10.2. The van der Waals surface area contributed by atoms with Crippen molar-refractivity contribution in [3.8, 4) is 0 Å². The molecule has 1 aromatic carbocycles. The molecule has 0 aliphatic carbocycles. The van der Waals surface area contributed by atoms with Crippen LogP contribution in [0.15, 0.2) is 28.9 Å².